The molecule has 1 N–H and O–H groups in total. The number of rotatable bonds is 6. The van der Waals surface area contributed by atoms with Crippen LogP contribution in [0.3, 0.4) is 0 Å². The van der Waals surface area contributed by atoms with Gasteiger partial charge in [-0.3, -0.25) is 19.3 Å². The van der Waals surface area contributed by atoms with Gasteiger partial charge in [0, 0.05) is 19.5 Å². The molecule has 1 aliphatic heterocycles. The molecular formula is C19H22N2O3S. The van der Waals surface area contributed by atoms with Crippen LogP contribution in [0, 0.1) is 5.92 Å². The Labute approximate surface area is 151 Å². The normalized spacial score (nSPS) is 19.8. The van der Waals surface area contributed by atoms with Crippen LogP contribution in [0.5, 0.6) is 0 Å². The van der Waals surface area contributed by atoms with E-state index in [1.807, 2.05) is 30.3 Å². The number of imide groups is 1. The van der Waals surface area contributed by atoms with Gasteiger partial charge in [0.15, 0.2) is 0 Å². The summed E-state index contributed by atoms with van der Waals surface area (Å²) in [5, 5.41) is 2.55. The number of nitrogens with one attached hydrogen (secondary N) is 1. The van der Waals surface area contributed by atoms with Crippen LogP contribution in [0.15, 0.2) is 35.2 Å². The van der Waals surface area contributed by atoms with Crippen molar-refractivity contribution in [2.24, 2.45) is 5.92 Å². The Hall–Kier alpha value is -2.08. The van der Waals surface area contributed by atoms with Crippen molar-refractivity contribution in [1.82, 2.24) is 10.2 Å². The number of hydrogen-bond donors (Lipinski definition) is 1. The van der Waals surface area contributed by atoms with Gasteiger partial charge < -0.3 is 5.32 Å². The first-order valence-corrected chi connectivity index (χ1v) is 9.52. The standard InChI is InChI=1S/C19H22N2O3S/c22-17(13-15-8-4-5-9-15)20-10-11-21-18(23)16(25-19(21)24)12-14-6-2-1-3-7-14/h1-3,6-7,12,15H,4-5,8-11,13H2,(H,20,22)/b16-12+. The second kappa shape index (κ2) is 8.34. The monoisotopic (exact) mass is 358 g/mol. The van der Waals surface area contributed by atoms with Crippen LogP contribution < -0.4 is 5.32 Å². The molecule has 0 bridgehead atoms. The highest BCUT2D eigenvalue weighted by molar-refractivity contribution is 8.18. The lowest BCUT2D eigenvalue weighted by Crippen LogP contribution is -2.37. The Morgan fingerprint density at radius 3 is 2.64 bits per heavy atom. The minimum atomic E-state index is -0.288. The molecule has 132 valence electrons. The summed E-state index contributed by atoms with van der Waals surface area (Å²) < 4.78 is 0. The smallest absolute Gasteiger partial charge is 0.293 e. The van der Waals surface area contributed by atoms with Gasteiger partial charge in [0.2, 0.25) is 5.91 Å². The first-order chi connectivity index (χ1) is 12.1. The number of carbonyl (C=O) groups excluding carboxylic acids is 3. The topological polar surface area (TPSA) is 66.5 Å². The van der Waals surface area contributed by atoms with E-state index in [0.29, 0.717) is 23.8 Å². The maximum absolute atomic E-state index is 12.4. The third-order valence-corrected chi connectivity index (χ3v) is 5.48. The first kappa shape index (κ1) is 17.7. The molecule has 1 aromatic carbocycles. The van der Waals surface area contributed by atoms with Crippen LogP contribution in [-0.4, -0.2) is 35.0 Å². The molecule has 0 aromatic heterocycles. The summed E-state index contributed by atoms with van der Waals surface area (Å²) in [7, 11) is 0. The molecule has 3 amide bonds. The van der Waals surface area contributed by atoms with Gasteiger partial charge in [-0.2, -0.15) is 0 Å². The van der Waals surface area contributed by atoms with E-state index in [0.717, 1.165) is 30.2 Å². The van der Waals surface area contributed by atoms with E-state index in [4.69, 9.17) is 0 Å². The van der Waals surface area contributed by atoms with E-state index in [1.165, 1.54) is 17.7 Å². The molecule has 2 aliphatic rings. The molecule has 1 heterocycles. The molecule has 6 heteroatoms. The zero-order chi connectivity index (χ0) is 17.6. The van der Waals surface area contributed by atoms with Crippen molar-refractivity contribution in [2.75, 3.05) is 13.1 Å². The molecule has 25 heavy (non-hydrogen) atoms. The summed E-state index contributed by atoms with van der Waals surface area (Å²) in [5.74, 6) is 0.216. The average Bonchev–Trinajstić information content (AvgIpc) is 3.19. The average molecular weight is 358 g/mol. The van der Waals surface area contributed by atoms with Gasteiger partial charge in [-0.1, -0.05) is 43.2 Å². The van der Waals surface area contributed by atoms with Crippen LogP contribution in [0.25, 0.3) is 6.08 Å². The number of benzene rings is 1. The zero-order valence-electron chi connectivity index (χ0n) is 14.1. The van der Waals surface area contributed by atoms with Crippen LogP contribution in [-0.2, 0) is 9.59 Å². The Balaban J connectivity index is 1.49. The van der Waals surface area contributed by atoms with Gasteiger partial charge in [-0.25, -0.2) is 0 Å². The summed E-state index contributed by atoms with van der Waals surface area (Å²) in [4.78, 5) is 38.0. The molecular weight excluding hydrogens is 336 g/mol. The van der Waals surface area contributed by atoms with Crippen molar-refractivity contribution < 1.29 is 14.4 Å². The third-order valence-electron chi connectivity index (χ3n) is 4.58. The van der Waals surface area contributed by atoms with Crippen molar-refractivity contribution in [3.63, 3.8) is 0 Å². The maximum Gasteiger partial charge on any atom is 0.293 e. The Morgan fingerprint density at radius 2 is 1.92 bits per heavy atom. The Kier molecular flexibility index (Phi) is 5.91. The molecule has 2 fully saturated rings. The quantitative estimate of drug-likeness (QED) is 0.791. The summed E-state index contributed by atoms with van der Waals surface area (Å²) in [6, 6.07) is 9.44. The van der Waals surface area contributed by atoms with Gasteiger partial charge in [0.25, 0.3) is 11.1 Å². The molecule has 1 saturated heterocycles. The van der Waals surface area contributed by atoms with Gasteiger partial charge in [0.1, 0.15) is 0 Å². The first-order valence-electron chi connectivity index (χ1n) is 8.70. The number of nitrogens with zero attached hydrogens (tertiary/aromatic N) is 1. The van der Waals surface area contributed by atoms with Crippen LogP contribution >= 0.6 is 11.8 Å². The largest absolute Gasteiger partial charge is 0.354 e. The molecule has 1 aromatic rings. The van der Waals surface area contributed by atoms with Crippen molar-refractivity contribution in [2.45, 2.75) is 32.1 Å². The molecule has 3 rings (SSSR count). The van der Waals surface area contributed by atoms with E-state index in [1.54, 1.807) is 6.08 Å². The second-order valence-corrected chi connectivity index (χ2v) is 7.44. The van der Waals surface area contributed by atoms with Crippen LogP contribution in [0.4, 0.5) is 4.79 Å². The Morgan fingerprint density at radius 1 is 1.20 bits per heavy atom. The molecule has 0 unspecified atom stereocenters. The molecule has 0 atom stereocenters. The number of thioether (sulfide) groups is 1. The lowest BCUT2D eigenvalue weighted by Gasteiger charge is -2.14. The van der Waals surface area contributed by atoms with Crippen molar-refractivity contribution in [3.8, 4) is 0 Å². The van der Waals surface area contributed by atoms with E-state index >= 15 is 0 Å². The van der Waals surface area contributed by atoms with Crippen LogP contribution in [0.2, 0.25) is 0 Å². The fraction of sp³-hybridized carbons (Fsp3) is 0.421. The van der Waals surface area contributed by atoms with E-state index in [2.05, 4.69) is 5.32 Å². The highest BCUT2D eigenvalue weighted by Crippen LogP contribution is 2.32. The summed E-state index contributed by atoms with van der Waals surface area (Å²) in [5.41, 5.74) is 0.887. The van der Waals surface area contributed by atoms with E-state index < -0.39 is 0 Å². The highest BCUT2D eigenvalue weighted by atomic mass is 32.2. The third kappa shape index (κ3) is 4.72. The maximum atomic E-state index is 12.4. The summed E-state index contributed by atoms with van der Waals surface area (Å²) in [6.07, 6.45) is 6.95. The number of carbonyl (C=O) groups is 3. The van der Waals surface area contributed by atoms with Crippen molar-refractivity contribution in [1.29, 1.82) is 0 Å². The lowest BCUT2D eigenvalue weighted by molar-refractivity contribution is -0.124. The van der Waals surface area contributed by atoms with Gasteiger partial charge in [0.05, 0.1) is 4.91 Å². The highest BCUT2D eigenvalue weighted by Gasteiger charge is 2.34. The lowest BCUT2D eigenvalue weighted by atomic mass is 10.0. The minimum Gasteiger partial charge on any atom is -0.354 e. The number of hydrogen-bond acceptors (Lipinski definition) is 4. The van der Waals surface area contributed by atoms with Crippen molar-refractivity contribution >= 4 is 34.9 Å². The van der Waals surface area contributed by atoms with E-state index in [9.17, 15) is 14.4 Å². The number of amides is 3. The predicted molar refractivity (Wildman–Crippen MR) is 98.7 cm³/mol. The Bertz CT molecular complexity index is 681. The molecule has 1 saturated carbocycles. The fourth-order valence-corrected chi connectivity index (χ4v) is 4.11. The second-order valence-electron chi connectivity index (χ2n) is 6.45. The fourth-order valence-electron chi connectivity index (χ4n) is 3.25. The summed E-state index contributed by atoms with van der Waals surface area (Å²) >= 11 is 0.947. The molecule has 0 radical (unpaired) electrons. The molecule has 1 aliphatic carbocycles. The summed E-state index contributed by atoms with van der Waals surface area (Å²) in [6.45, 7) is 0.523. The van der Waals surface area contributed by atoms with Crippen LogP contribution in [0.1, 0.15) is 37.7 Å². The van der Waals surface area contributed by atoms with E-state index in [-0.39, 0.29) is 23.6 Å². The van der Waals surface area contributed by atoms with Gasteiger partial charge >= 0.3 is 0 Å². The molecule has 5 nitrogen and oxygen atoms in total. The van der Waals surface area contributed by atoms with Gasteiger partial charge in [-0.15, -0.1) is 0 Å². The zero-order valence-corrected chi connectivity index (χ0v) is 14.9. The molecule has 0 spiro atoms. The SMILES string of the molecule is O=C(CC1CCCC1)NCCN1C(=O)S/C(=C/c2ccccc2)C1=O. The minimum absolute atomic E-state index is 0.0127. The predicted octanol–water partition coefficient (Wildman–Crippen LogP) is 3.42. The van der Waals surface area contributed by atoms with Gasteiger partial charge in [-0.05, 0) is 42.2 Å². The van der Waals surface area contributed by atoms with Crippen molar-refractivity contribution in [3.05, 3.63) is 40.8 Å².